The van der Waals surface area contributed by atoms with E-state index in [1.54, 1.807) is 48.5 Å². The van der Waals surface area contributed by atoms with Gasteiger partial charge in [0, 0.05) is 47.4 Å². The van der Waals surface area contributed by atoms with Crippen molar-refractivity contribution in [3.05, 3.63) is 92.8 Å². The van der Waals surface area contributed by atoms with Crippen LogP contribution in [0.2, 0.25) is 0 Å². The number of amides is 1. The van der Waals surface area contributed by atoms with Gasteiger partial charge in [-0.1, -0.05) is 18.2 Å². The molecule has 0 atom stereocenters. The van der Waals surface area contributed by atoms with E-state index in [1.807, 2.05) is 17.0 Å². The SMILES string of the molecule is COc1cc(NC(=S)NC(=O)c2ccc(N3CCCCC3)c([N+](=O)[O-])c2)ccc1-c1cc2ccccc2oc1=O. The van der Waals surface area contributed by atoms with Gasteiger partial charge >= 0.3 is 5.63 Å². The molecule has 0 saturated carbocycles. The summed E-state index contributed by atoms with van der Waals surface area (Å²) in [4.78, 5) is 38.8. The van der Waals surface area contributed by atoms with Gasteiger partial charge in [-0.3, -0.25) is 20.2 Å². The molecule has 4 aromatic rings. The number of nitrogens with one attached hydrogen (secondary N) is 2. The second-order valence-corrected chi connectivity index (χ2v) is 9.73. The molecule has 1 aromatic heterocycles. The maximum Gasteiger partial charge on any atom is 0.344 e. The van der Waals surface area contributed by atoms with Gasteiger partial charge in [0.1, 0.15) is 17.0 Å². The molecular weight excluding hydrogens is 532 g/mol. The maximum absolute atomic E-state index is 12.9. The number of ether oxygens (including phenoxy) is 1. The van der Waals surface area contributed by atoms with Crippen LogP contribution in [0.5, 0.6) is 5.75 Å². The molecule has 0 aliphatic carbocycles. The van der Waals surface area contributed by atoms with Gasteiger partial charge in [0.05, 0.1) is 17.6 Å². The van der Waals surface area contributed by atoms with E-state index in [0.717, 1.165) is 37.7 Å². The topological polar surface area (TPSA) is 127 Å². The van der Waals surface area contributed by atoms with Crippen molar-refractivity contribution in [2.75, 3.05) is 30.4 Å². The lowest BCUT2D eigenvalue weighted by Gasteiger charge is -2.28. The minimum absolute atomic E-state index is 0.00668. The molecular formula is C29H26N4O6S. The van der Waals surface area contributed by atoms with Crippen LogP contribution in [0.25, 0.3) is 22.1 Å². The van der Waals surface area contributed by atoms with Crippen LogP contribution >= 0.6 is 12.2 Å². The molecule has 0 bridgehead atoms. The molecule has 1 aliphatic rings. The molecule has 0 spiro atoms. The molecule has 40 heavy (non-hydrogen) atoms. The number of benzene rings is 3. The highest BCUT2D eigenvalue weighted by Gasteiger charge is 2.23. The Balaban J connectivity index is 1.32. The quantitative estimate of drug-likeness (QED) is 0.137. The predicted molar refractivity (Wildman–Crippen MR) is 157 cm³/mol. The third kappa shape index (κ3) is 5.64. The fourth-order valence-electron chi connectivity index (χ4n) is 4.79. The lowest BCUT2D eigenvalue weighted by molar-refractivity contribution is -0.384. The van der Waals surface area contributed by atoms with Gasteiger partial charge in [-0.05, 0) is 67.9 Å². The summed E-state index contributed by atoms with van der Waals surface area (Å²) in [6.07, 6.45) is 3.05. The molecule has 5 rings (SSSR count). The Labute approximate surface area is 234 Å². The standard InChI is InChI=1S/C29H26N4O6S/c1-38-26-17-20(10-11-21(26)22-15-18-7-3-4-8-25(18)39-28(22)35)30-29(40)31-27(34)19-9-12-23(24(16-19)33(36)37)32-13-5-2-6-14-32/h3-4,7-12,15-17H,2,5-6,13-14H2,1H3,(H2,30,31,34,40). The van der Waals surface area contributed by atoms with Crippen molar-refractivity contribution in [1.82, 2.24) is 5.32 Å². The number of fused-ring (bicyclic) bond motifs is 1. The van der Waals surface area contributed by atoms with E-state index in [2.05, 4.69) is 10.6 Å². The molecule has 2 heterocycles. The summed E-state index contributed by atoms with van der Waals surface area (Å²) >= 11 is 5.31. The van der Waals surface area contributed by atoms with Crippen LogP contribution in [0.3, 0.4) is 0 Å². The summed E-state index contributed by atoms with van der Waals surface area (Å²) in [5.41, 5.74) is 1.87. The van der Waals surface area contributed by atoms with Gasteiger partial charge in [0.25, 0.3) is 11.6 Å². The maximum atomic E-state index is 12.9. The molecule has 0 radical (unpaired) electrons. The molecule has 204 valence electrons. The Kier molecular flexibility index (Phi) is 7.74. The van der Waals surface area contributed by atoms with E-state index in [4.69, 9.17) is 21.4 Å². The number of carbonyl (C=O) groups excluding carboxylic acids is 1. The zero-order valence-electron chi connectivity index (χ0n) is 21.6. The number of nitro benzene ring substituents is 1. The highest BCUT2D eigenvalue weighted by molar-refractivity contribution is 7.80. The number of rotatable bonds is 6. The number of carbonyl (C=O) groups is 1. The van der Waals surface area contributed by atoms with Crippen molar-refractivity contribution in [2.45, 2.75) is 19.3 Å². The number of piperidine rings is 1. The van der Waals surface area contributed by atoms with Crippen molar-refractivity contribution < 1.29 is 18.9 Å². The average molecular weight is 559 g/mol. The first-order chi connectivity index (χ1) is 19.3. The van der Waals surface area contributed by atoms with Crippen LogP contribution in [0.15, 0.2) is 75.9 Å². The van der Waals surface area contributed by atoms with Crippen LogP contribution in [-0.2, 0) is 0 Å². The Morgan fingerprint density at radius 1 is 1.02 bits per heavy atom. The van der Waals surface area contributed by atoms with Gasteiger partial charge in [0.15, 0.2) is 5.11 Å². The minimum atomic E-state index is -0.580. The smallest absolute Gasteiger partial charge is 0.344 e. The highest BCUT2D eigenvalue weighted by Crippen LogP contribution is 2.33. The van der Waals surface area contributed by atoms with E-state index >= 15 is 0 Å². The molecule has 1 fully saturated rings. The number of thiocarbonyl (C=S) groups is 1. The van der Waals surface area contributed by atoms with E-state index in [9.17, 15) is 19.7 Å². The lowest BCUT2D eigenvalue weighted by Crippen LogP contribution is -2.34. The number of hydrogen-bond acceptors (Lipinski definition) is 8. The normalized spacial score (nSPS) is 13.1. The minimum Gasteiger partial charge on any atom is -0.496 e. The first-order valence-electron chi connectivity index (χ1n) is 12.7. The first-order valence-corrected chi connectivity index (χ1v) is 13.1. The number of hydrogen-bond donors (Lipinski definition) is 2. The largest absolute Gasteiger partial charge is 0.496 e. The van der Waals surface area contributed by atoms with Crippen molar-refractivity contribution in [3.8, 4) is 16.9 Å². The lowest BCUT2D eigenvalue weighted by atomic mass is 10.0. The van der Waals surface area contributed by atoms with Crippen LogP contribution < -0.4 is 25.9 Å². The molecule has 1 amide bonds. The highest BCUT2D eigenvalue weighted by atomic mass is 32.1. The molecule has 3 aromatic carbocycles. The van der Waals surface area contributed by atoms with Crippen molar-refractivity contribution in [2.24, 2.45) is 0 Å². The van der Waals surface area contributed by atoms with Crippen LogP contribution in [-0.4, -0.2) is 36.1 Å². The van der Waals surface area contributed by atoms with E-state index in [1.165, 1.54) is 13.2 Å². The van der Waals surface area contributed by atoms with Crippen LogP contribution in [0.1, 0.15) is 29.6 Å². The summed E-state index contributed by atoms with van der Waals surface area (Å²) in [5, 5.41) is 18.0. The average Bonchev–Trinajstić information content (AvgIpc) is 2.96. The van der Waals surface area contributed by atoms with Gasteiger partial charge in [-0.15, -0.1) is 0 Å². The third-order valence-corrected chi connectivity index (χ3v) is 6.95. The second kappa shape index (κ2) is 11.5. The number of nitro groups is 1. The van der Waals surface area contributed by atoms with Crippen molar-refractivity contribution >= 4 is 51.3 Å². The Morgan fingerprint density at radius 3 is 2.55 bits per heavy atom. The summed E-state index contributed by atoms with van der Waals surface area (Å²) in [6.45, 7) is 1.49. The Bertz CT molecular complexity index is 1680. The van der Waals surface area contributed by atoms with E-state index < -0.39 is 16.5 Å². The van der Waals surface area contributed by atoms with Gasteiger partial charge in [0.2, 0.25) is 0 Å². The zero-order chi connectivity index (χ0) is 28.2. The second-order valence-electron chi connectivity index (χ2n) is 9.32. The van der Waals surface area contributed by atoms with E-state index in [-0.39, 0.29) is 16.4 Å². The van der Waals surface area contributed by atoms with E-state index in [0.29, 0.717) is 33.8 Å². The molecule has 11 heteroatoms. The van der Waals surface area contributed by atoms with Crippen molar-refractivity contribution in [1.29, 1.82) is 0 Å². The monoisotopic (exact) mass is 558 g/mol. The molecule has 2 N–H and O–H groups in total. The van der Waals surface area contributed by atoms with Gasteiger partial charge < -0.3 is 19.4 Å². The fraction of sp³-hybridized carbons (Fsp3) is 0.207. The predicted octanol–water partition coefficient (Wildman–Crippen LogP) is 5.49. The number of anilines is 2. The molecule has 0 unspecified atom stereocenters. The van der Waals surface area contributed by atoms with Gasteiger partial charge in [-0.25, -0.2) is 4.79 Å². The molecule has 1 saturated heterocycles. The summed E-state index contributed by atoms with van der Waals surface area (Å²) in [5.74, 6) is -0.186. The summed E-state index contributed by atoms with van der Waals surface area (Å²) in [6, 6.07) is 18.4. The summed E-state index contributed by atoms with van der Waals surface area (Å²) < 4.78 is 11.0. The molecule has 1 aliphatic heterocycles. The fourth-order valence-corrected chi connectivity index (χ4v) is 5.00. The molecule has 10 nitrogen and oxygen atoms in total. The van der Waals surface area contributed by atoms with Gasteiger partial charge in [-0.2, -0.15) is 0 Å². The Morgan fingerprint density at radius 2 is 1.80 bits per heavy atom. The van der Waals surface area contributed by atoms with Crippen LogP contribution in [0.4, 0.5) is 17.1 Å². The number of methoxy groups -OCH3 is 1. The summed E-state index contributed by atoms with van der Waals surface area (Å²) in [7, 11) is 1.48. The van der Waals surface area contributed by atoms with Crippen molar-refractivity contribution in [3.63, 3.8) is 0 Å². The third-order valence-electron chi connectivity index (χ3n) is 6.75. The number of para-hydroxylation sites is 1. The van der Waals surface area contributed by atoms with Crippen LogP contribution in [0, 0.1) is 10.1 Å². The number of nitrogens with zero attached hydrogens (tertiary/aromatic N) is 2. The zero-order valence-corrected chi connectivity index (χ0v) is 22.5. The first kappa shape index (κ1) is 26.8. The Hall–Kier alpha value is -4.77.